The van der Waals surface area contributed by atoms with E-state index in [0.717, 1.165) is 6.42 Å². The Morgan fingerprint density at radius 1 is 1.22 bits per heavy atom. The molecule has 1 atom stereocenters. The Hall–Kier alpha value is -2.63. The van der Waals surface area contributed by atoms with Crippen LogP contribution in [0, 0.1) is 5.82 Å². The predicted molar refractivity (Wildman–Crippen MR) is 82.3 cm³/mol. The predicted octanol–water partition coefficient (Wildman–Crippen LogP) is 3.16. The third-order valence-electron chi connectivity index (χ3n) is 3.14. The van der Waals surface area contributed by atoms with Crippen molar-refractivity contribution in [3.8, 4) is 11.3 Å². The van der Waals surface area contributed by atoms with E-state index < -0.39 is 12.1 Å². The van der Waals surface area contributed by atoms with Gasteiger partial charge in [0.05, 0.1) is 0 Å². The van der Waals surface area contributed by atoms with Crippen LogP contribution >= 0.6 is 0 Å². The fourth-order valence-corrected chi connectivity index (χ4v) is 1.88. The van der Waals surface area contributed by atoms with Crippen molar-refractivity contribution in [1.29, 1.82) is 0 Å². The Morgan fingerprint density at radius 2 is 1.91 bits per heavy atom. The molecule has 23 heavy (non-hydrogen) atoms. The molecule has 2 aromatic rings. The molecule has 0 radical (unpaired) electrons. The number of halogens is 1. The van der Waals surface area contributed by atoms with E-state index in [-0.39, 0.29) is 17.5 Å². The summed E-state index contributed by atoms with van der Waals surface area (Å²) in [4.78, 5) is 23.6. The van der Waals surface area contributed by atoms with Crippen molar-refractivity contribution in [3.63, 3.8) is 0 Å². The highest BCUT2D eigenvalue weighted by atomic mass is 19.1. The highest BCUT2D eigenvalue weighted by Gasteiger charge is 2.21. The van der Waals surface area contributed by atoms with Crippen LogP contribution in [0.25, 0.3) is 11.3 Å². The number of esters is 1. The molecule has 1 amide bonds. The summed E-state index contributed by atoms with van der Waals surface area (Å²) in [6.07, 6.45) is -0.112. The van der Waals surface area contributed by atoms with E-state index in [4.69, 9.17) is 9.15 Å². The second-order valence-corrected chi connectivity index (χ2v) is 5.01. The number of amides is 1. The molecule has 0 saturated heterocycles. The first-order chi connectivity index (χ1) is 11.0. The fourth-order valence-electron chi connectivity index (χ4n) is 1.88. The maximum absolute atomic E-state index is 12.9. The molecule has 1 aromatic heterocycles. The van der Waals surface area contributed by atoms with Crippen LogP contribution in [0.4, 0.5) is 4.39 Å². The van der Waals surface area contributed by atoms with Gasteiger partial charge in [-0.25, -0.2) is 9.18 Å². The maximum Gasteiger partial charge on any atom is 0.375 e. The second kappa shape index (κ2) is 7.58. The van der Waals surface area contributed by atoms with E-state index >= 15 is 0 Å². The molecule has 0 saturated carbocycles. The Bertz CT molecular complexity index is 678. The Morgan fingerprint density at radius 3 is 2.57 bits per heavy atom. The summed E-state index contributed by atoms with van der Waals surface area (Å²) >= 11 is 0. The van der Waals surface area contributed by atoms with E-state index in [1.807, 2.05) is 6.92 Å². The lowest BCUT2D eigenvalue weighted by Gasteiger charge is -2.11. The molecule has 0 spiro atoms. The van der Waals surface area contributed by atoms with E-state index in [0.29, 0.717) is 17.9 Å². The number of furan rings is 1. The molecule has 2 rings (SSSR count). The van der Waals surface area contributed by atoms with Gasteiger partial charge in [0.15, 0.2) is 6.10 Å². The molecule has 1 heterocycles. The van der Waals surface area contributed by atoms with Crippen LogP contribution in [0.5, 0.6) is 0 Å². The Balaban J connectivity index is 2.01. The minimum Gasteiger partial charge on any atom is -0.449 e. The molecule has 5 nitrogen and oxygen atoms in total. The van der Waals surface area contributed by atoms with Crippen LogP contribution in [-0.2, 0) is 9.53 Å². The van der Waals surface area contributed by atoms with Crippen molar-refractivity contribution in [1.82, 2.24) is 5.32 Å². The van der Waals surface area contributed by atoms with Crippen LogP contribution in [0.2, 0.25) is 0 Å². The molecule has 0 fully saturated rings. The molecule has 0 aliphatic carbocycles. The zero-order chi connectivity index (χ0) is 16.8. The summed E-state index contributed by atoms with van der Waals surface area (Å²) in [6, 6.07) is 8.74. The van der Waals surface area contributed by atoms with Gasteiger partial charge in [0, 0.05) is 12.1 Å². The molecule has 0 aliphatic rings. The minimum absolute atomic E-state index is 0.0144. The smallest absolute Gasteiger partial charge is 0.375 e. The third kappa shape index (κ3) is 4.42. The number of rotatable bonds is 6. The number of hydrogen-bond acceptors (Lipinski definition) is 4. The lowest BCUT2D eigenvalue weighted by atomic mass is 10.2. The standard InChI is InChI=1S/C17H18FNO4/c1-3-10-19-16(20)11(2)22-17(21)15-9-8-14(23-15)12-4-6-13(18)7-5-12/h4-9,11H,3,10H2,1-2H3,(H,19,20). The maximum atomic E-state index is 12.9. The summed E-state index contributed by atoms with van der Waals surface area (Å²) in [5.74, 6) is -1.03. The number of benzene rings is 1. The van der Waals surface area contributed by atoms with Gasteiger partial charge < -0.3 is 14.5 Å². The molecular weight excluding hydrogens is 301 g/mol. The average Bonchev–Trinajstić information content (AvgIpc) is 3.03. The molecule has 6 heteroatoms. The number of nitrogens with one attached hydrogen (secondary N) is 1. The van der Waals surface area contributed by atoms with Crippen LogP contribution in [0.15, 0.2) is 40.8 Å². The minimum atomic E-state index is -0.909. The highest BCUT2D eigenvalue weighted by Crippen LogP contribution is 2.23. The fraction of sp³-hybridized carbons (Fsp3) is 0.294. The largest absolute Gasteiger partial charge is 0.449 e. The van der Waals surface area contributed by atoms with Crippen LogP contribution in [0.3, 0.4) is 0 Å². The molecule has 1 aromatic carbocycles. The summed E-state index contributed by atoms with van der Waals surface area (Å²) in [5.41, 5.74) is 0.638. The van der Waals surface area contributed by atoms with Crippen LogP contribution < -0.4 is 5.32 Å². The van der Waals surface area contributed by atoms with E-state index in [9.17, 15) is 14.0 Å². The van der Waals surface area contributed by atoms with Gasteiger partial charge in [-0.3, -0.25) is 4.79 Å². The molecule has 122 valence electrons. The molecular formula is C17H18FNO4. The average molecular weight is 319 g/mol. The lowest BCUT2D eigenvalue weighted by molar-refractivity contribution is -0.129. The Kier molecular flexibility index (Phi) is 5.51. The van der Waals surface area contributed by atoms with Gasteiger partial charge in [-0.15, -0.1) is 0 Å². The van der Waals surface area contributed by atoms with Crippen molar-refractivity contribution < 1.29 is 23.1 Å². The van der Waals surface area contributed by atoms with Gasteiger partial charge in [-0.1, -0.05) is 6.92 Å². The third-order valence-corrected chi connectivity index (χ3v) is 3.14. The second-order valence-electron chi connectivity index (χ2n) is 5.01. The number of hydrogen-bond donors (Lipinski definition) is 1. The summed E-state index contributed by atoms with van der Waals surface area (Å²) in [6.45, 7) is 3.94. The SMILES string of the molecule is CCCNC(=O)C(C)OC(=O)c1ccc(-c2ccc(F)cc2)o1. The van der Waals surface area contributed by atoms with Gasteiger partial charge in [0.25, 0.3) is 5.91 Å². The van der Waals surface area contributed by atoms with Gasteiger partial charge in [-0.2, -0.15) is 0 Å². The highest BCUT2D eigenvalue weighted by molar-refractivity contribution is 5.90. The van der Waals surface area contributed by atoms with E-state index in [2.05, 4.69) is 5.32 Å². The lowest BCUT2D eigenvalue weighted by Crippen LogP contribution is -2.36. The first-order valence-corrected chi connectivity index (χ1v) is 7.35. The summed E-state index contributed by atoms with van der Waals surface area (Å²) in [7, 11) is 0. The van der Waals surface area contributed by atoms with Gasteiger partial charge in [-0.05, 0) is 49.7 Å². The summed E-state index contributed by atoms with van der Waals surface area (Å²) in [5, 5.41) is 2.64. The van der Waals surface area contributed by atoms with Crippen molar-refractivity contribution in [2.45, 2.75) is 26.4 Å². The number of ether oxygens (including phenoxy) is 1. The van der Waals surface area contributed by atoms with Crippen LogP contribution in [0.1, 0.15) is 30.8 Å². The van der Waals surface area contributed by atoms with Crippen molar-refractivity contribution in [3.05, 3.63) is 48.0 Å². The number of carbonyl (C=O) groups is 2. The Labute approximate surface area is 133 Å². The first-order valence-electron chi connectivity index (χ1n) is 7.35. The quantitative estimate of drug-likeness (QED) is 0.831. The van der Waals surface area contributed by atoms with Crippen molar-refractivity contribution in [2.24, 2.45) is 0 Å². The zero-order valence-electron chi connectivity index (χ0n) is 13.0. The van der Waals surface area contributed by atoms with E-state index in [1.54, 1.807) is 18.2 Å². The van der Waals surface area contributed by atoms with Crippen molar-refractivity contribution >= 4 is 11.9 Å². The van der Waals surface area contributed by atoms with Gasteiger partial charge in [0.2, 0.25) is 5.76 Å². The molecule has 1 N–H and O–H groups in total. The topological polar surface area (TPSA) is 68.5 Å². The molecule has 0 bridgehead atoms. The normalized spacial score (nSPS) is 11.8. The monoisotopic (exact) mass is 319 g/mol. The molecule has 0 aliphatic heterocycles. The number of carbonyl (C=O) groups excluding carboxylic acids is 2. The van der Waals surface area contributed by atoms with Gasteiger partial charge in [0.1, 0.15) is 11.6 Å². The van der Waals surface area contributed by atoms with E-state index in [1.165, 1.54) is 25.1 Å². The summed E-state index contributed by atoms with van der Waals surface area (Å²) < 4.78 is 23.4. The first kappa shape index (κ1) is 16.7. The van der Waals surface area contributed by atoms with Crippen molar-refractivity contribution in [2.75, 3.05) is 6.54 Å². The zero-order valence-corrected chi connectivity index (χ0v) is 13.0. The molecule has 1 unspecified atom stereocenters. The van der Waals surface area contributed by atoms with Crippen LogP contribution in [-0.4, -0.2) is 24.5 Å². The van der Waals surface area contributed by atoms with Gasteiger partial charge >= 0.3 is 5.97 Å².